The number of carbonyl (C=O) groups is 2. The van der Waals surface area contributed by atoms with Crippen molar-refractivity contribution in [1.29, 1.82) is 0 Å². The van der Waals surface area contributed by atoms with Crippen LogP contribution >= 0.6 is 0 Å². The van der Waals surface area contributed by atoms with Crippen molar-refractivity contribution < 1.29 is 14.3 Å². The molecule has 0 unspecified atom stereocenters. The quantitative estimate of drug-likeness (QED) is 0.551. The summed E-state index contributed by atoms with van der Waals surface area (Å²) in [5, 5.41) is 0. The third-order valence-corrected chi connectivity index (χ3v) is 4.96. The Labute approximate surface area is 174 Å². The Kier molecular flexibility index (Phi) is 9.44. The van der Waals surface area contributed by atoms with E-state index in [-0.39, 0.29) is 18.4 Å². The summed E-state index contributed by atoms with van der Waals surface area (Å²) in [5.74, 6) is -0.0284. The minimum absolute atomic E-state index is 0.0228. The van der Waals surface area contributed by atoms with Gasteiger partial charge in [0.2, 0.25) is 11.8 Å². The molecule has 0 aliphatic heterocycles. The van der Waals surface area contributed by atoms with E-state index < -0.39 is 0 Å². The fourth-order valence-electron chi connectivity index (χ4n) is 3.23. The summed E-state index contributed by atoms with van der Waals surface area (Å²) in [7, 11) is 3.59. The Morgan fingerprint density at radius 2 is 1.76 bits per heavy atom. The summed E-state index contributed by atoms with van der Waals surface area (Å²) in [6, 6.07) is 13.9. The Morgan fingerprint density at radius 1 is 1.00 bits per heavy atom. The maximum absolute atomic E-state index is 13.0. The Bertz CT molecular complexity index is 758. The number of aryl methyl sites for hydroxylation is 2. The zero-order valence-corrected chi connectivity index (χ0v) is 17.8. The number of hydrogen-bond donors (Lipinski definition) is 0. The van der Waals surface area contributed by atoms with E-state index >= 15 is 0 Å². The van der Waals surface area contributed by atoms with Crippen LogP contribution in [-0.4, -0.2) is 59.5 Å². The van der Waals surface area contributed by atoms with Crippen molar-refractivity contribution in [1.82, 2.24) is 14.4 Å². The number of hydrogen-bond acceptors (Lipinski definition) is 3. The highest BCUT2D eigenvalue weighted by molar-refractivity contribution is 5.85. The standard InChI is InChI=1S/C23H33N3O3/c1-4-14-25(22(27)13-12-20-9-6-5-7-10-20)19-23(28)26(16-17-29-3)18-21-11-8-15-24(21)2/h5-11,15H,4,12-14,16-19H2,1-3H3. The molecule has 1 aromatic carbocycles. The third kappa shape index (κ3) is 7.38. The lowest BCUT2D eigenvalue weighted by atomic mass is 10.1. The van der Waals surface area contributed by atoms with E-state index in [1.165, 1.54) is 0 Å². The van der Waals surface area contributed by atoms with Crippen molar-refractivity contribution in [3.63, 3.8) is 0 Å². The molecule has 0 spiro atoms. The molecule has 0 bridgehead atoms. The lowest BCUT2D eigenvalue weighted by Gasteiger charge is -2.27. The zero-order valence-electron chi connectivity index (χ0n) is 17.8. The van der Waals surface area contributed by atoms with Crippen LogP contribution in [0.3, 0.4) is 0 Å². The van der Waals surface area contributed by atoms with E-state index in [2.05, 4.69) is 0 Å². The van der Waals surface area contributed by atoms with Gasteiger partial charge in [0.1, 0.15) is 0 Å². The highest BCUT2D eigenvalue weighted by Crippen LogP contribution is 2.09. The van der Waals surface area contributed by atoms with E-state index in [0.717, 1.165) is 17.7 Å². The molecule has 0 N–H and O–H groups in total. The van der Waals surface area contributed by atoms with E-state index in [0.29, 0.717) is 39.1 Å². The van der Waals surface area contributed by atoms with Crippen LogP contribution in [0.1, 0.15) is 31.0 Å². The van der Waals surface area contributed by atoms with Crippen molar-refractivity contribution in [2.75, 3.05) is 33.4 Å². The second kappa shape index (κ2) is 12.1. The molecule has 6 nitrogen and oxygen atoms in total. The van der Waals surface area contributed by atoms with Gasteiger partial charge in [0.25, 0.3) is 0 Å². The number of nitrogens with zero attached hydrogens (tertiary/aromatic N) is 3. The number of amides is 2. The van der Waals surface area contributed by atoms with Gasteiger partial charge < -0.3 is 19.1 Å². The van der Waals surface area contributed by atoms with Crippen LogP contribution in [0.2, 0.25) is 0 Å². The molecule has 29 heavy (non-hydrogen) atoms. The topological polar surface area (TPSA) is 54.8 Å². The molecular formula is C23H33N3O3. The predicted molar refractivity (Wildman–Crippen MR) is 114 cm³/mol. The average Bonchev–Trinajstić information content (AvgIpc) is 3.14. The van der Waals surface area contributed by atoms with Crippen molar-refractivity contribution in [3.8, 4) is 0 Å². The van der Waals surface area contributed by atoms with Crippen molar-refractivity contribution in [2.24, 2.45) is 7.05 Å². The van der Waals surface area contributed by atoms with Crippen LogP contribution in [-0.2, 0) is 34.3 Å². The molecule has 0 fully saturated rings. The summed E-state index contributed by atoms with van der Waals surface area (Å²) in [6.45, 7) is 4.18. The van der Waals surface area contributed by atoms with Gasteiger partial charge >= 0.3 is 0 Å². The monoisotopic (exact) mass is 399 g/mol. The highest BCUT2D eigenvalue weighted by atomic mass is 16.5. The summed E-state index contributed by atoms with van der Waals surface area (Å²) < 4.78 is 7.18. The van der Waals surface area contributed by atoms with Gasteiger partial charge in [-0.25, -0.2) is 0 Å². The van der Waals surface area contributed by atoms with Crippen molar-refractivity contribution in [2.45, 2.75) is 32.7 Å². The van der Waals surface area contributed by atoms with Gasteiger partial charge in [-0.05, 0) is 30.5 Å². The summed E-state index contributed by atoms with van der Waals surface area (Å²) in [5.41, 5.74) is 2.18. The van der Waals surface area contributed by atoms with Crippen molar-refractivity contribution >= 4 is 11.8 Å². The van der Waals surface area contributed by atoms with E-state index in [9.17, 15) is 9.59 Å². The number of aromatic nitrogens is 1. The Hall–Kier alpha value is -2.60. The van der Waals surface area contributed by atoms with Gasteiger partial charge in [-0.3, -0.25) is 9.59 Å². The average molecular weight is 400 g/mol. The molecule has 2 aromatic rings. The van der Waals surface area contributed by atoms with Crippen LogP contribution in [0.15, 0.2) is 48.7 Å². The fourth-order valence-corrected chi connectivity index (χ4v) is 3.23. The van der Waals surface area contributed by atoms with Crippen LogP contribution in [0, 0.1) is 0 Å². The largest absolute Gasteiger partial charge is 0.383 e. The summed E-state index contributed by atoms with van der Waals surface area (Å²) in [4.78, 5) is 29.3. The zero-order chi connectivity index (χ0) is 21.1. The van der Waals surface area contributed by atoms with Crippen LogP contribution in [0.4, 0.5) is 0 Å². The Balaban J connectivity index is 1.99. The molecule has 0 saturated carbocycles. The molecule has 2 rings (SSSR count). The maximum Gasteiger partial charge on any atom is 0.242 e. The second-order valence-electron chi connectivity index (χ2n) is 7.22. The molecular weight excluding hydrogens is 366 g/mol. The lowest BCUT2D eigenvalue weighted by molar-refractivity contribution is -0.141. The minimum atomic E-state index is -0.0511. The molecule has 0 aliphatic carbocycles. The second-order valence-corrected chi connectivity index (χ2v) is 7.22. The predicted octanol–water partition coefficient (Wildman–Crippen LogP) is 2.87. The maximum atomic E-state index is 13.0. The van der Waals surface area contributed by atoms with E-state index in [1.54, 1.807) is 16.9 Å². The molecule has 0 atom stereocenters. The molecule has 1 heterocycles. The highest BCUT2D eigenvalue weighted by Gasteiger charge is 2.21. The minimum Gasteiger partial charge on any atom is -0.383 e. The summed E-state index contributed by atoms with van der Waals surface area (Å²) in [6.07, 6.45) is 3.88. The Morgan fingerprint density at radius 3 is 2.38 bits per heavy atom. The molecule has 0 aliphatic rings. The molecule has 158 valence electrons. The number of benzene rings is 1. The van der Waals surface area contributed by atoms with Crippen LogP contribution < -0.4 is 0 Å². The van der Waals surface area contributed by atoms with Gasteiger partial charge in [-0.2, -0.15) is 0 Å². The van der Waals surface area contributed by atoms with E-state index in [4.69, 9.17) is 4.74 Å². The molecule has 0 saturated heterocycles. The normalized spacial score (nSPS) is 10.7. The van der Waals surface area contributed by atoms with E-state index in [1.807, 2.05) is 67.2 Å². The molecule has 1 aromatic heterocycles. The molecule has 0 radical (unpaired) electrons. The summed E-state index contributed by atoms with van der Waals surface area (Å²) >= 11 is 0. The lowest BCUT2D eigenvalue weighted by Crippen LogP contribution is -2.44. The first-order valence-electron chi connectivity index (χ1n) is 10.2. The van der Waals surface area contributed by atoms with Crippen molar-refractivity contribution in [3.05, 3.63) is 59.9 Å². The first kappa shape index (κ1) is 22.7. The van der Waals surface area contributed by atoms with Gasteiger partial charge in [-0.1, -0.05) is 37.3 Å². The molecule has 6 heteroatoms. The smallest absolute Gasteiger partial charge is 0.242 e. The van der Waals surface area contributed by atoms with Crippen LogP contribution in [0.25, 0.3) is 0 Å². The number of carbonyl (C=O) groups excluding carboxylic acids is 2. The number of methoxy groups -OCH3 is 1. The van der Waals surface area contributed by atoms with Crippen LogP contribution in [0.5, 0.6) is 0 Å². The third-order valence-electron chi connectivity index (χ3n) is 4.96. The first-order chi connectivity index (χ1) is 14.0. The molecule has 2 amide bonds. The van der Waals surface area contributed by atoms with Gasteiger partial charge in [0, 0.05) is 45.6 Å². The number of rotatable bonds is 12. The number of ether oxygens (including phenoxy) is 1. The van der Waals surface area contributed by atoms with Gasteiger partial charge in [0.15, 0.2) is 0 Å². The van der Waals surface area contributed by atoms with Gasteiger partial charge in [-0.15, -0.1) is 0 Å². The SMILES string of the molecule is CCCN(CC(=O)N(CCOC)Cc1cccn1C)C(=O)CCc1ccccc1. The fraction of sp³-hybridized carbons (Fsp3) is 0.478. The first-order valence-corrected chi connectivity index (χ1v) is 10.2. The van der Waals surface area contributed by atoms with Gasteiger partial charge in [0.05, 0.1) is 19.7 Å².